The Bertz CT molecular complexity index is 556. The average Bonchev–Trinajstić information content (AvgIpc) is 2.51. The third-order valence-corrected chi connectivity index (χ3v) is 3.85. The number of benzene rings is 1. The second kappa shape index (κ2) is 6.68. The second-order valence-electron chi connectivity index (χ2n) is 5.57. The van der Waals surface area contributed by atoms with Crippen LogP contribution >= 0.6 is 0 Å². The fraction of sp³-hybridized carbons (Fsp3) is 0.353. The quantitative estimate of drug-likeness (QED) is 0.874. The molecule has 0 spiro atoms. The third-order valence-electron chi connectivity index (χ3n) is 3.85. The molecular formula is C17H20FN3. The van der Waals surface area contributed by atoms with Crippen molar-refractivity contribution in [3.05, 3.63) is 60.2 Å². The van der Waals surface area contributed by atoms with Gasteiger partial charge in [0.1, 0.15) is 0 Å². The van der Waals surface area contributed by atoms with Gasteiger partial charge in [0.25, 0.3) is 0 Å². The Kier molecular flexibility index (Phi) is 4.46. The number of hydrogen-bond donors (Lipinski definition) is 1. The molecule has 0 bridgehead atoms. The Morgan fingerprint density at radius 2 is 2.05 bits per heavy atom. The molecule has 0 amide bonds. The predicted molar refractivity (Wildman–Crippen MR) is 82.6 cm³/mol. The van der Waals surface area contributed by atoms with Crippen molar-refractivity contribution in [1.29, 1.82) is 0 Å². The minimum Gasteiger partial charge on any atom is -0.380 e. The maximum atomic E-state index is 12.8. The standard InChI is InChI=1S/C17H20FN3/c18-17-9-8-15(11-19-17)20-16-7-4-10-21(13-16)12-14-5-2-1-3-6-14/h1-3,5-6,8-9,11,16,20H,4,7,10,12-13H2. The maximum Gasteiger partial charge on any atom is 0.212 e. The summed E-state index contributed by atoms with van der Waals surface area (Å²) >= 11 is 0. The summed E-state index contributed by atoms with van der Waals surface area (Å²) in [5.41, 5.74) is 2.24. The molecule has 1 aromatic heterocycles. The first-order valence-electron chi connectivity index (χ1n) is 7.44. The molecule has 1 N–H and O–H groups in total. The zero-order valence-electron chi connectivity index (χ0n) is 12.0. The summed E-state index contributed by atoms with van der Waals surface area (Å²) in [5, 5.41) is 3.45. The molecule has 1 aliphatic heterocycles. The highest BCUT2D eigenvalue weighted by Gasteiger charge is 2.19. The molecule has 1 aliphatic rings. The van der Waals surface area contributed by atoms with E-state index in [1.807, 2.05) is 6.07 Å². The van der Waals surface area contributed by atoms with E-state index < -0.39 is 5.95 Å². The largest absolute Gasteiger partial charge is 0.380 e. The van der Waals surface area contributed by atoms with Crippen molar-refractivity contribution in [2.24, 2.45) is 0 Å². The molecule has 1 unspecified atom stereocenters. The van der Waals surface area contributed by atoms with E-state index in [4.69, 9.17) is 0 Å². The number of hydrogen-bond acceptors (Lipinski definition) is 3. The lowest BCUT2D eigenvalue weighted by Crippen LogP contribution is -2.41. The van der Waals surface area contributed by atoms with Gasteiger partial charge >= 0.3 is 0 Å². The van der Waals surface area contributed by atoms with Crippen LogP contribution in [0.25, 0.3) is 0 Å². The van der Waals surface area contributed by atoms with Gasteiger partial charge < -0.3 is 5.32 Å². The molecule has 3 rings (SSSR count). The number of halogens is 1. The van der Waals surface area contributed by atoms with Crippen LogP contribution in [0.5, 0.6) is 0 Å². The van der Waals surface area contributed by atoms with E-state index in [1.165, 1.54) is 18.1 Å². The van der Waals surface area contributed by atoms with Crippen molar-refractivity contribution in [3.8, 4) is 0 Å². The third kappa shape index (κ3) is 4.02. The summed E-state index contributed by atoms with van der Waals surface area (Å²) < 4.78 is 12.8. The van der Waals surface area contributed by atoms with Crippen LogP contribution in [-0.4, -0.2) is 29.0 Å². The van der Waals surface area contributed by atoms with Crippen LogP contribution in [-0.2, 0) is 6.54 Å². The highest BCUT2D eigenvalue weighted by Crippen LogP contribution is 2.17. The van der Waals surface area contributed by atoms with E-state index in [0.717, 1.165) is 31.7 Å². The van der Waals surface area contributed by atoms with Crippen LogP contribution in [0.1, 0.15) is 18.4 Å². The molecule has 2 heterocycles. The van der Waals surface area contributed by atoms with Crippen LogP contribution in [0, 0.1) is 5.95 Å². The first-order valence-corrected chi connectivity index (χ1v) is 7.44. The number of pyridine rings is 1. The van der Waals surface area contributed by atoms with Gasteiger partial charge in [-0.1, -0.05) is 30.3 Å². The van der Waals surface area contributed by atoms with Crippen LogP contribution in [0.4, 0.5) is 10.1 Å². The van der Waals surface area contributed by atoms with Gasteiger partial charge in [-0.15, -0.1) is 0 Å². The van der Waals surface area contributed by atoms with Crippen LogP contribution in [0.15, 0.2) is 48.7 Å². The number of anilines is 1. The van der Waals surface area contributed by atoms with E-state index in [9.17, 15) is 4.39 Å². The predicted octanol–water partition coefficient (Wildman–Crippen LogP) is 3.30. The van der Waals surface area contributed by atoms with E-state index in [2.05, 4.69) is 39.5 Å². The highest BCUT2D eigenvalue weighted by molar-refractivity contribution is 5.41. The van der Waals surface area contributed by atoms with Gasteiger partial charge in [0.2, 0.25) is 5.95 Å². The summed E-state index contributed by atoms with van der Waals surface area (Å²) in [4.78, 5) is 6.15. The highest BCUT2D eigenvalue weighted by atomic mass is 19.1. The zero-order chi connectivity index (χ0) is 14.5. The Hall–Kier alpha value is -1.94. The number of aromatic nitrogens is 1. The molecule has 3 nitrogen and oxygen atoms in total. The molecule has 110 valence electrons. The summed E-state index contributed by atoms with van der Waals surface area (Å²) in [7, 11) is 0. The molecule has 2 aromatic rings. The first-order chi connectivity index (χ1) is 10.3. The number of nitrogens with one attached hydrogen (secondary N) is 1. The number of piperidine rings is 1. The monoisotopic (exact) mass is 285 g/mol. The van der Waals surface area contributed by atoms with E-state index in [0.29, 0.717) is 6.04 Å². The normalized spacial score (nSPS) is 19.4. The fourth-order valence-electron chi connectivity index (χ4n) is 2.86. The lowest BCUT2D eigenvalue weighted by atomic mass is 10.0. The van der Waals surface area contributed by atoms with Crippen molar-refractivity contribution >= 4 is 5.69 Å². The summed E-state index contributed by atoms with van der Waals surface area (Å²) in [5.74, 6) is -0.435. The molecule has 0 radical (unpaired) electrons. The molecule has 4 heteroatoms. The average molecular weight is 285 g/mol. The Labute approximate surface area is 124 Å². The molecular weight excluding hydrogens is 265 g/mol. The Balaban J connectivity index is 1.57. The summed E-state index contributed by atoms with van der Waals surface area (Å²) in [6.45, 7) is 3.13. The summed E-state index contributed by atoms with van der Waals surface area (Å²) in [6.07, 6.45) is 3.88. The second-order valence-corrected chi connectivity index (χ2v) is 5.57. The van der Waals surface area contributed by atoms with Crippen molar-refractivity contribution < 1.29 is 4.39 Å². The molecule has 0 aliphatic carbocycles. The van der Waals surface area contributed by atoms with Gasteiger partial charge in [0.15, 0.2) is 0 Å². The van der Waals surface area contributed by atoms with Crippen molar-refractivity contribution in [2.75, 3.05) is 18.4 Å². The van der Waals surface area contributed by atoms with E-state index in [1.54, 1.807) is 12.3 Å². The smallest absolute Gasteiger partial charge is 0.212 e. The van der Waals surface area contributed by atoms with Gasteiger partial charge in [-0.3, -0.25) is 4.90 Å². The van der Waals surface area contributed by atoms with E-state index in [-0.39, 0.29) is 0 Å². The first kappa shape index (κ1) is 14.0. The van der Waals surface area contributed by atoms with Gasteiger partial charge in [0, 0.05) is 19.1 Å². The molecule has 0 saturated carbocycles. The minimum absolute atomic E-state index is 0.398. The van der Waals surface area contributed by atoms with Crippen LogP contribution < -0.4 is 5.32 Å². The van der Waals surface area contributed by atoms with Crippen molar-refractivity contribution in [1.82, 2.24) is 9.88 Å². The molecule has 21 heavy (non-hydrogen) atoms. The van der Waals surface area contributed by atoms with Crippen molar-refractivity contribution in [3.63, 3.8) is 0 Å². The minimum atomic E-state index is -0.435. The zero-order valence-corrected chi connectivity index (χ0v) is 12.0. The molecule has 1 atom stereocenters. The van der Waals surface area contributed by atoms with Gasteiger partial charge in [-0.25, -0.2) is 4.98 Å². The maximum absolute atomic E-state index is 12.8. The molecule has 1 saturated heterocycles. The van der Waals surface area contributed by atoms with Gasteiger partial charge in [-0.2, -0.15) is 4.39 Å². The molecule has 1 fully saturated rings. The van der Waals surface area contributed by atoms with Crippen LogP contribution in [0.3, 0.4) is 0 Å². The topological polar surface area (TPSA) is 28.2 Å². The summed E-state index contributed by atoms with van der Waals surface area (Å²) in [6, 6.07) is 14.1. The number of rotatable bonds is 4. The lowest BCUT2D eigenvalue weighted by molar-refractivity contribution is 0.208. The Morgan fingerprint density at radius 3 is 2.81 bits per heavy atom. The number of likely N-dealkylation sites (tertiary alicyclic amines) is 1. The number of nitrogens with zero attached hydrogens (tertiary/aromatic N) is 2. The van der Waals surface area contributed by atoms with Crippen molar-refractivity contribution in [2.45, 2.75) is 25.4 Å². The fourth-order valence-corrected chi connectivity index (χ4v) is 2.86. The molecule has 1 aromatic carbocycles. The van der Waals surface area contributed by atoms with Gasteiger partial charge in [-0.05, 0) is 37.1 Å². The van der Waals surface area contributed by atoms with Gasteiger partial charge in [0.05, 0.1) is 11.9 Å². The van der Waals surface area contributed by atoms with E-state index >= 15 is 0 Å². The van der Waals surface area contributed by atoms with Crippen LogP contribution in [0.2, 0.25) is 0 Å². The lowest BCUT2D eigenvalue weighted by Gasteiger charge is -2.33. The SMILES string of the molecule is Fc1ccc(NC2CCCN(Cc3ccccc3)C2)cn1. The Morgan fingerprint density at radius 1 is 1.19 bits per heavy atom.